The molecule has 0 saturated heterocycles. The number of allylic oxidation sites excluding steroid dienone is 2. The average Bonchev–Trinajstić information content (AvgIpc) is 2.75. The molecule has 2 aromatic carbocycles. The second-order valence-electron chi connectivity index (χ2n) is 8.26. The Bertz CT molecular complexity index is 711. The Morgan fingerprint density at radius 1 is 0.690 bits per heavy atom. The van der Waals surface area contributed by atoms with E-state index in [-0.39, 0.29) is 0 Å². The molecule has 0 saturated carbocycles. The number of benzene rings is 2. The normalized spacial score (nSPS) is 12.8. The smallest absolute Gasteiger partial charge is 0.270 e. The van der Waals surface area contributed by atoms with Crippen LogP contribution in [0.5, 0.6) is 0 Å². The fourth-order valence-corrected chi connectivity index (χ4v) is 11.7. The summed E-state index contributed by atoms with van der Waals surface area (Å²) in [6.45, 7) is 9.17. The quantitative estimate of drug-likeness (QED) is 0.279. The third kappa shape index (κ3) is 7.25. The van der Waals surface area contributed by atoms with E-state index in [9.17, 15) is 0 Å². The third-order valence-electron chi connectivity index (χ3n) is 5.15. The molecule has 0 bridgehead atoms. The van der Waals surface area contributed by atoms with Gasteiger partial charge < -0.3 is 4.12 Å². The standard InChI is InChI=1S/C26H38OSi2/c1-5-7-9-17-23-28(3,4)27-29(24-18-10-8-6-2,25-19-13-11-14-20-25)26-21-15-12-16-22-26/h11-24H,5-10H2,1-4H3. The number of hydrogen-bond acceptors (Lipinski definition) is 1. The summed E-state index contributed by atoms with van der Waals surface area (Å²) in [6, 6.07) is 21.8. The summed E-state index contributed by atoms with van der Waals surface area (Å²) in [6.07, 6.45) is 11.9. The van der Waals surface area contributed by atoms with Gasteiger partial charge in [0.15, 0.2) is 8.32 Å². The minimum atomic E-state index is -2.47. The molecule has 0 aromatic heterocycles. The molecule has 0 unspecified atom stereocenters. The lowest BCUT2D eigenvalue weighted by Crippen LogP contribution is -2.63. The number of hydrogen-bond donors (Lipinski definition) is 0. The van der Waals surface area contributed by atoms with E-state index in [4.69, 9.17) is 4.12 Å². The van der Waals surface area contributed by atoms with Crippen LogP contribution in [-0.2, 0) is 4.12 Å². The molecule has 0 radical (unpaired) electrons. The largest absolute Gasteiger partial charge is 0.443 e. The van der Waals surface area contributed by atoms with Gasteiger partial charge in [-0.25, -0.2) is 0 Å². The molecule has 3 heteroatoms. The first-order valence-electron chi connectivity index (χ1n) is 11.2. The van der Waals surface area contributed by atoms with Crippen LogP contribution in [0.15, 0.2) is 84.2 Å². The Kier molecular flexibility index (Phi) is 9.85. The highest BCUT2D eigenvalue weighted by molar-refractivity contribution is 7.06. The van der Waals surface area contributed by atoms with Crippen LogP contribution < -0.4 is 10.4 Å². The predicted molar refractivity (Wildman–Crippen MR) is 134 cm³/mol. The van der Waals surface area contributed by atoms with Crippen molar-refractivity contribution in [1.82, 2.24) is 0 Å². The highest BCUT2D eigenvalue weighted by Gasteiger charge is 2.41. The summed E-state index contributed by atoms with van der Waals surface area (Å²) < 4.78 is 7.26. The van der Waals surface area contributed by atoms with Gasteiger partial charge in [0, 0.05) is 0 Å². The molecule has 0 atom stereocenters. The average molecular weight is 423 g/mol. The fourth-order valence-electron chi connectivity index (χ4n) is 3.59. The van der Waals surface area contributed by atoms with Crippen molar-refractivity contribution in [2.45, 2.75) is 65.5 Å². The van der Waals surface area contributed by atoms with E-state index >= 15 is 0 Å². The van der Waals surface area contributed by atoms with Crippen molar-refractivity contribution < 1.29 is 4.12 Å². The molecule has 29 heavy (non-hydrogen) atoms. The first-order valence-corrected chi connectivity index (χ1v) is 16.2. The summed E-state index contributed by atoms with van der Waals surface area (Å²) in [5, 5.41) is 2.67. The zero-order chi connectivity index (χ0) is 21.0. The lowest BCUT2D eigenvalue weighted by atomic mass is 10.2. The first kappa shape index (κ1) is 23.6. The van der Waals surface area contributed by atoms with Crippen LogP contribution in [0, 0.1) is 0 Å². The van der Waals surface area contributed by atoms with Gasteiger partial charge in [-0.05, 0) is 36.3 Å². The van der Waals surface area contributed by atoms with Crippen molar-refractivity contribution in [2.24, 2.45) is 0 Å². The van der Waals surface area contributed by atoms with E-state index < -0.39 is 16.6 Å². The van der Waals surface area contributed by atoms with Gasteiger partial charge in [-0.1, -0.05) is 124 Å². The van der Waals surface area contributed by atoms with Crippen molar-refractivity contribution in [2.75, 3.05) is 0 Å². The molecule has 0 heterocycles. The third-order valence-corrected chi connectivity index (χ3v) is 12.7. The monoisotopic (exact) mass is 422 g/mol. The highest BCUT2D eigenvalue weighted by atomic mass is 28.4. The molecule has 0 aliphatic rings. The van der Waals surface area contributed by atoms with E-state index in [0.29, 0.717) is 0 Å². The molecule has 0 spiro atoms. The van der Waals surface area contributed by atoms with Gasteiger partial charge in [0.25, 0.3) is 8.32 Å². The first-order chi connectivity index (χ1) is 14.0. The van der Waals surface area contributed by atoms with E-state index in [1.807, 2.05) is 0 Å². The molecular formula is C26H38OSi2. The van der Waals surface area contributed by atoms with Crippen LogP contribution in [0.2, 0.25) is 13.1 Å². The zero-order valence-electron chi connectivity index (χ0n) is 18.7. The van der Waals surface area contributed by atoms with Gasteiger partial charge in [0.1, 0.15) is 0 Å². The van der Waals surface area contributed by atoms with E-state index in [1.165, 1.54) is 36.1 Å². The van der Waals surface area contributed by atoms with Gasteiger partial charge in [-0.3, -0.25) is 0 Å². The Balaban J connectivity index is 2.50. The lowest BCUT2D eigenvalue weighted by molar-refractivity contribution is 0.583. The molecule has 0 aliphatic carbocycles. The SMILES string of the molecule is CCCCC=C[Si](C)(C)O[Si](C=CCCCC)(c1ccccc1)c1ccccc1. The second kappa shape index (κ2) is 12.1. The van der Waals surface area contributed by atoms with Crippen molar-refractivity contribution in [3.63, 3.8) is 0 Å². The fraction of sp³-hybridized carbons (Fsp3) is 0.385. The number of unbranched alkanes of at least 4 members (excludes halogenated alkanes) is 4. The summed E-state index contributed by atoms with van der Waals surface area (Å²) in [5.41, 5.74) is 4.85. The molecule has 1 nitrogen and oxygen atoms in total. The minimum Gasteiger partial charge on any atom is -0.443 e. The molecule has 0 aliphatic heterocycles. The Morgan fingerprint density at radius 2 is 1.14 bits per heavy atom. The Hall–Kier alpha value is -1.69. The molecule has 0 amide bonds. The highest BCUT2D eigenvalue weighted by Crippen LogP contribution is 2.19. The Labute approximate surface area is 180 Å². The maximum atomic E-state index is 7.26. The van der Waals surface area contributed by atoms with Crippen LogP contribution in [0.25, 0.3) is 0 Å². The van der Waals surface area contributed by atoms with Crippen molar-refractivity contribution in [3.05, 3.63) is 84.2 Å². The molecule has 2 aromatic rings. The predicted octanol–water partition coefficient (Wildman–Crippen LogP) is 6.54. The van der Waals surface area contributed by atoms with Gasteiger partial charge >= 0.3 is 0 Å². The second-order valence-corrected chi connectivity index (χ2v) is 15.6. The van der Waals surface area contributed by atoms with Crippen LogP contribution >= 0.6 is 0 Å². The van der Waals surface area contributed by atoms with Gasteiger partial charge in [-0.2, -0.15) is 0 Å². The number of rotatable bonds is 12. The van der Waals surface area contributed by atoms with Crippen LogP contribution in [0.3, 0.4) is 0 Å². The van der Waals surface area contributed by atoms with Crippen LogP contribution in [0.1, 0.15) is 52.4 Å². The van der Waals surface area contributed by atoms with Crippen LogP contribution in [0.4, 0.5) is 0 Å². The van der Waals surface area contributed by atoms with Crippen LogP contribution in [-0.4, -0.2) is 16.6 Å². The molecule has 0 fully saturated rings. The van der Waals surface area contributed by atoms with E-state index in [2.05, 4.69) is 111 Å². The van der Waals surface area contributed by atoms with Gasteiger partial charge in [0.2, 0.25) is 0 Å². The Morgan fingerprint density at radius 3 is 1.59 bits per heavy atom. The lowest BCUT2D eigenvalue weighted by Gasteiger charge is -2.36. The van der Waals surface area contributed by atoms with Crippen molar-refractivity contribution >= 4 is 27.0 Å². The molecule has 2 rings (SSSR count). The van der Waals surface area contributed by atoms with Gasteiger partial charge in [-0.15, -0.1) is 0 Å². The summed E-state index contributed by atoms with van der Waals surface area (Å²) >= 11 is 0. The minimum absolute atomic E-state index is 1.11. The topological polar surface area (TPSA) is 9.23 Å². The summed E-state index contributed by atoms with van der Waals surface area (Å²) in [5.74, 6) is 0. The maximum absolute atomic E-state index is 7.26. The molecule has 0 N–H and O–H groups in total. The molecule has 156 valence electrons. The summed E-state index contributed by atoms with van der Waals surface area (Å²) in [4.78, 5) is 0. The van der Waals surface area contributed by atoms with Gasteiger partial charge in [0.05, 0.1) is 0 Å². The maximum Gasteiger partial charge on any atom is 0.270 e. The molecular weight excluding hydrogens is 384 g/mol. The van der Waals surface area contributed by atoms with E-state index in [0.717, 1.165) is 12.8 Å². The summed E-state index contributed by atoms with van der Waals surface area (Å²) in [7, 11) is -4.46. The van der Waals surface area contributed by atoms with Crippen molar-refractivity contribution in [1.29, 1.82) is 0 Å². The van der Waals surface area contributed by atoms with E-state index in [1.54, 1.807) is 0 Å². The van der Waals surface area contributed by atoms with Crippen molar-refractivity contribution in [3.8, 4) is 0 Å². The zero-order valence-corrected chi connectivity index (χ0v) is 20.7.